The maximum absolute atomic E-state index is 15.3. The topological polar surface area (TPSA) is 492 Å². The quantitative estimate of drug-likeness (QED) is 0.0208. The first-order chi connectivity index (χ1) is 45.4. The molecule has 0 radical (unpaired) electrons. The molecule has 1 fully saturated rings. The van der Waals surface area contributed by atoms with Crippen molar-refractivity contribution in [2.24, 2.45) is 22.9 Å². The normalized spacial score (nSPS) is 21.1. The number of fused-ring (bicyclic) bond motifs is 1. The third-order valence-corrected chi connectivity index (χ3v) is 15.6. The van der Waals surface area contributed by atoms with Crippen molar-refractivity contribution in [1.82, 2.24) is 58.2 Å². The van der Waals surface area contributed by atoms with Crippen molar-refractivity contribution in [3.63, 3.8) is 0 Å². The first kappa shape index (κ1) is 71.2. The van der Waals surface area contributed by atoms with Gasteiger partial charge in [-0.25, -0.2) is 0 Å². The van der Waals surface area contributed by atoms with Gasteiger partial charge in [0, 0.05) is 43.0 Å². The second kappa shape index (κ2) is 34.5. The molecule has 29 nitrogen and oxygen atoms in total. The van der Waals surface area contributed by atoms with E-state index in [1.54, 1.807) is 103 Å². The minimum Gasteiger partial charge on any atom is -0.508 e. The third kappa shape index (κ3) is 22.0. The van der Waals surface area contributed by atoms with E-state index < -0.39 is 151 Å². The van der Waals surface area contributed by atoms with Gasteiger partial charge in [-0.2, -0.15) is 0 Å². The molecule has 7 rings (SSSR count). The molecule has 10 amide bonds. The van der Waals surface area contributed by atoms with Gasteiger partial charge in [0.1, 0.15) is 53.8 Å². The lowest BCUT2D eigenvalue weighted by Crippen LogP contribution is -2.62. The van der Waals surface area contributed by atoms with Gasteiger partial charge in [-0.15, -0.1) is 0 Å². The zero-order valence-corrected chi connectivity index (χ0v) is 52.0. The number of phenols is 2. The lowest BCUT2D eigenvalue weighted by Gasteiger charge is -2.29. The number of benzene rings is 5. The molecule has 0 saturated carbocycles. The van der Waals surface area contributed by atoms with Gasteiger partial charge in [0.15, 0.2) is 11.7 Å². The van der Waals surface area contributed by atoms with E-state index in [0.717, 1.165) is 0 Å². The van der Waals surface area contributed by atoms with E-state index in [-0.39, 0.29) is 63.0 Å². The van der Waals surface area contributed by atoms with Crippen LogP contribution < -0.4 is 76.1 Å². The summed E-state index contributed by atoms with van der Waals surface area (Å²) in [6.07, 6.45) is -1.38. The number of nitrogens with one attached hydrogen (secondary N) is 12. The fourth-order valence-corrected chi connectivity index (χ4v) is 10.5. The van der Waals surface area contributed by atoms with Crippen LogP contribution in [-0.2, 0) is 84.8 Å². The third-order valence-electron chi connectivity index (χ3n) is 15.6. The predicted octanol–water partition coefficient (Wildman–Crippen LogP) is -2.13. The summed E-state index contributed by atoms with van der Waals surface area (Å²) in [5.74, 6) is -11.6. The summed E-state index contributed by atoms with van der Waals surface area (Å²) in [6, 6.07) is 19.1. The van der Waals surface area contributed by atoms with Crippen LogP contribution in [0.3, 0.4) is 0 Å². The summed E-state index contributed by atoms with van der Waals surface area (Å²) in [4.78, 5) is 163. The molecule has 1 saturated heterocycles. The lowest BCUT2D eigenvalue weighted by molar-refractivity contribution is -0.137. The number of carbonyl (C=O) groups excluding carboxylic acids is 11. The molecule has 1 aliphatic heterocycles. The number of aromatic hydroxyl groups is 2. The number of amides is 10. The number of H-pyrrole nitrogens is 1. The number of Topliss-reactive ketones (excluding diaryl/α,β-unsaturated/α-hetero) is 1. The largest absolute Gasteiger partial charge is 0.508 e. The highest BCUT2D eigenvalue weighted by Crippen LogP contribution is 2.21. The number of aromatic nitrogens is 1. The number of hydrogen-bond donors (Lipinski definition) is 18. The standard InChI is InChI=1S/C66H80N16O13/c1-36-58(88)78-49(29-37-11-4-2-5-12-37)57(87)54(35-74-59(89)45(67)27-39-18-22-42(83)23-19-39)76-56(86)33-53(79-60(90)46(68)28-40-20-24-43(84)25-21-40)65(95)81-51(31-41-34-73-47-16-9-8-15-44(41)47)64(94)77-48(17-10-26-72-66(70)71)61(91)80-50(30-38-13-6-3-7-14-38)63(93)82-52(32-55(69)85)62(92)75-36/h2-9,11-16,18-25,34,36,45-46,48-54,73,83-84H,10,17,26-33,35,67-68H2,1H3,(H2,69,85)(H,74,89)(H,75,92)(H,76,86)(H,77,94)(H,78,88)(H,79,90)(H,80,91)(H,81,95)(H,82,93)(H4,70,71,72)/t36-,45-,46-,48-,49-,50-,51-,52-,53-,54+/m0/s1. The van der Waals surface area contributed by atoms with Crippen LogP contribution in [0.1, 0.15) is 60.4 Å². The number of rotatable bonds is 21. The highest BCUT2D eigenvalue weighted by molar-refractivity contribution is 6.02. The Morgan fingerprint density at radius 1 is 0.537 bits per heavy atom. The van der Waals surface area contributed by atoms with Gasteiger partial charge < -0.3 is 91.3 Å². The summed E-state index contributed by atoms with van der Waals surface area (Å²) >= 11 is 0. The van der Waals surface area contributed by atoms with E-state index in [9.17, 15) is 48.6 Å². The Kier molecular flexibility index (Phi) is 25.8. The zero-order chi connectivity index (χ0) is 68.7. The van der Waals surface area contributed by atoms with Crippen LogP contribution in [0.5, 0.6) is 11.5 Å². The van der Waals surface area contributed by atoms with Gasteiger partial charge in [0.05, 0.1) is 31.0 Å². The molecular formula is C66H80N16O13. The summed E-state index contributed by atoms with van der Waals surface area (Å²) < 4.78 is 0. The number of primary amides is 1. The van der Waals surface area contributed by atoms with Crippen LogP contribution in [-0.4, -0.2) is 160 Å². The molecule has 0 aliphatic carbocycles. The summed E-state index contributed by atoms with van der Waals surface area (Å²) in [5, 5.41) is 54.0. The Hall–Kier alpha value is -11.2. The average molecular weight is 1310 g/mol. The van der Waals surface area contributed by atoms with Crippen molar-refractivity contribution in [1.29, 1.82) is 5.41 Å². The SMILES string of the molecule is C[C@@H]1NC(=O)[C@H](CC(N)=O)NC(=O)[C@H](Cc2ccccc2)NC(=O)[C@H](CCCNC(=N)N)NC(=O)[C@H](Cc2c[nH]c3ccccc23)NC(=O)[C@@H](NC(=O)[C@@H](N)Cc2ccc(O)cc2)CC(=O)N[C@H](CNC(=O)[C@@H](N)Cc2ccc(O)cc2)C(=O)[C@H](Cc2ccccc2)NC1=O. The molecule has 502 valence electrons. The number of phenolic OH excluding ortho intramolecular Hbond substituents is 2. The molecule has 1 aliphatic rings. The van der Waals surface area contributed by atoms with Gasteiger partial charge in [-0.05, 0) is 97.2 Å². The molecule has 6 aromatic rings. The Bertz CT molecular complexity index is 3710. The zero-order valence-electron chi connectivity index (χ0n) is 52.0. The second-order valence-corrected chi connectivity index (χ2v) is 23.1. The monoisotopic (exact) mass is 1300 g/mol. The molecule has 0 bridgehead atoms. The molecule has 1 aromatic heterocycles. The molecule has 10 atom stereocenters. The maximum Gasteiger partial charge on any atom is 0.243 e. The average Bonchev–Trinajstić information content (AvgIpc) is 1.85. The number of carbonyl (C=O) groups is 11. The number of hydrogen-bond acceptors (Lipinski definition) is 16. The van der Waals surface area contributed by atoms with Gasteiger partial charge in [-0.3, -0.25) is 58.1 Å². The maximum atomic E-state index is 15.3. The number of para-hydroxylation sites is 1. The van der Waals surface area contributed by atoms with E-state index in [2.05, 4.69) is 58.2 Å². The van der Waals surface area contributed by atoms with Crippen molar-refractivity contribution >= 4 is 81.7 Å². The minimum atomic E-state index is -1.93. The second-order valence-electron chi connectivity index (χ2n) is 23.1. The van der Waals surface area contributed by atoms with Gasteiger partial charge in [0.2, 0.25) is 59.1 Å². The molecule has 5 aromatic carbocycles. The van der Waals surface area contributed by atoms with Crippen LogP contribution in [0.4, 0.5) is 0 Å². The Labute approximate surface area is 546 Å². The predicted molar refractivity (Wildman–Crippen MR) is 349 cm³/mol. The van der Waals surface area contributed by atoms with Gasteiger partial charge >= 0.3 is 0 Å². The van der Waals surface area contributed by atoms with E-state index >= 15 is 14.4 Å². The summed E-state index contributed by atoms with van der Waals surface area (Å²) in [5.41, 5.74) is 27.1. The fourth-order valence-electron chi connectivity index (χ4n) is 10.5. The van der Waals surface area contributed by atoms with Crippen molar-refractivity contribution in [2.45, 2.75) is 125 Å². The number of guanidine groups is 1. The van der Waals surface area contributed by atoms with Crippen LogP contribution in [0.25, 0.3) is 10.9 Å². The highest BCUT2D eigenvalue weighted by Gasteiger charge is 2.38. The Balaban J connectivity index is 1.33. The van der Waals surface area contributed by atoms with E-state index in [4.69, 9.17) is 28.3 Å². The molecule has 2 heterocycles. The van der Waals surface area contributed by atoms with E-state index in [1.165, 1.54) is 43.3 Å². The molecule has 0 spiro atoms. The first-order valence-corrected chi connectivity index (χ1v) is 30.7. The molecule has 29 heteroatoms. The number of ketones is 1. The van der Waals surface area contributed by atoms with Crippen LogP contribution >= 0.6 is 0 Å². The van der Waals surface area contributed by atoms with Crippen LogP contribution in [0.2, 0.25) is 0 Å². The number of nitrogens with two attached hydrogens (primary N) is 4. The Morgan fingerprint density at radius 3 is 1.62 bits per heavy atom. The van der Waals surface area contributed by atoms with Gasteiger partial charge in [-0.1, -0.05) is 103 Å². The van der Waals surface area contributed by atoms with E-state index in [1.807, 2.05) is 0 Å². The summed E-state index contributed by atoms with van der Waals surface area (Å²) in [7, 11) is 0. The Morgan fingerprint density at radius 2 is 1.03 bits per heavy atom. The van der Waals surface area contributed by atoms with Gasteiger partial charge in [0.25, 0.3) is 0 Å². The number of aromatic amines is 1. The molecule has 95 heavy (non-hydrogen) atoms. The summed E-state index contributed by atoms with van der Waals surface area (Å²) in [6.45, 7) is 0.546. The van der Waals surface area contributed by atoms with Crippen molar-refractivity contribution < 1.29 is 63.0 Å². The van der Waals surface area contributed by atoms with Crippen molar-refractivity contribution in [2.75, 3.05) is 13.1 Å². The minimum absolute atomic E-state index is 0.0121. The molecule has 22 N–H and O–H groups in total. The van der Waals surface area contributed by atoms with Crippen molar-refractivity contribution in [3.05, 3.63) is 167 Å². The molecular weight excluding hydrogens is 1220 g/mol. The van der Waals surface area contributed by atoms with Crippen LogP contribution in [0, 0.1) is 5.41 Å². The van der Waals surface area contributed by atoms with E-state index in [0.29, 0.717) is 38.7 Å². The lowest BCUT2D eigenvalue weighted by atomic mass is 9.96. The molecule has 0 unspecified atom stereocenters. The first-order valence-electron chi connectivity index (χ1n) is 30.7. The smallest absolute Gasteiger partial charge is 0.243 e. The fraction of sp³-hybridized carbons (Fsp3) is 0.333. The highest BCUT2D eigenvalue weighted by atomic mass is 16.3. The van der Waals surface area contributed by atoms with Crippen molar-refractivity contribution in [3.8, 4) is 11.5 Å². The van der Waals surface area contributed by atoms with Crippen LogP contribution in [0.15, 0.2) is 140 Å².